The number of nitrogens with zero attached hydrogens (tertiary/aromatic N) is 1. The van der Waals surface area contributed by atoms with Crippen LogP contribution in [-0.2, 0) is 0 Å². The molecule has 0 radical (unpaired) electrons. The van der Waals surface area contributed by atoms with E-state index in [1.54, 1.807) is 18.2 Å². The van der Waals surface area contributed by atoms with Gasteiger partial charge in [0.25, 0.3) is 11.8 Å². The van der Waals surface area contributed by atoms with Gasteiger partial charge < -0.3 is 5.73 Å². The number of nitrogens with two attached hydrogens (primary N) is 1. The predicted molar refractivity (Wildman–Crippen MR) is 82.0 cm³/mol. The Morgan fingerprint density at radius 3 is 2.57 bits per heavy atom. The van der Waals surface area contributed by atoms with Gasteiger partial charge in [0, 0.05) is 11.7 Å². The molecule has 1 saturated carbocycles. The summed E-state index contributed by atoms with van der Waals surface area (Å²) in [5.74, 6) is 0.220. The summed E-state index contributed by atoms with van der Waals surface area (Å²) in [5.41, 5.74) is 7.11. The van der Waals surface area contributed by atoms with Gasteiger partial charge in [-0.3, -0.25) is 14.5 Å². The van der Waals surface area contributed by atoms with E-state index in [0.29, 0.717) is 22.7 Å². The zero-order valence-electron chi connectivity index (χ0n) is 12.5. The predicted octanol–water partition coefficient (Wildman–Crippen LogP) is 3.22. The van der Waals surface area contributed by atoms with E-state index in [4.69, 9.17) is 5.73 Å². The van der Waals surface area contributed by atoms with Crippen molar-refractivity contribution in [3.05, 3.63) is 29.3 Å². The van der Waals surface area contributed by atoms with Gasteiger partial charge in [0.2, 0.25) is 0 Å². The van der Waals surface area contributed by atoms with Gasteiger partial charge in [-0.15, -0.1) is 0 Å². The lowest BCUT2D eigenvalue weighted by Crippen LogP contribution is -2.39. The van der Waals surface area contributed by atoms with E-state index in [0.717, 1.165) is 6.42 Å². The van der Waals surface area contributed by atoms with Crippen LogP contribution in [0.4, 0.5) is 5.69 Å². The number of imide groups is 1. The fourth-order valence-electron chi connectivity index (χ4n) is 3.74. The summed E-state index contributed by atoms with van der Waals surface area (Å²) in [6, 6.07) is 5.05. The third kappa shape index (κ3) is 2.43. The Morgan fingerprint density at radius 2 is 1.90 bits per heavy atom. The maximum atomic E-state index is 12.5. The van der Waals surface area contributed by atoms with Crippen LogP contribution in [0, 0.1) is 5.92 Å². The Bertz CT molecular complexity index is 576. The van der Waals surface area contributed by atoms with Crippen molar-refractivity contribution in [3.63, 3.8) is 0 Å². The highest BCUT2D eigenvalue weighted by Gasteiger charge is 2.40. The first-order valence-corrected chi connectivity index (χ1v) is 7.86. The summed E-state index contributed by atoms with van der Waals surface area (Å²) in [4.78, 5) is 26.4. The van der Waals surface area contributed by atoms with Gasteiger partial charge in [-0.2, -0.15) is 0 Å². The normalized spacial score (nSPS) is 20.7. The molecule has 1 heterocycles. The second-order valence-electron chi connectivity index (χ2n) is 6.34. The van der Waals surface area contributed by atoms with Crippen molar-refractivity contribution in [2.75, 3.05) is 5.73 Å². The van der Waals surface area contributed by atoms with Crippen LogP contribution in [-0.4, -0.2) is 22.8 Å². The van der Waals surface area contributed by atoms with Crippen molar-refractivity contribution < 1.29 is 9.59 Å². The minimum atomic E-state index is -0.226. The van der Waals surface area contributed by atoms with Crippen molar-refractivity contribution >= 4 is 17.5 Å². The molecule has 1 fully saturated rings. The number of benzene rings is 1. The summed E-state index contributed by atoms with van der Waals surface area (Å²) >= 11 is 0. The Hall–Kier alpha value is -1.84. The van der Waals surface area contributed by atoms with Crippen LogP contribution in [0.2, 0.25) is 0 Å². The molecule has 3 rings (SSSR count). The minimum absolute atomic E-state index is 0.0556. The molecule has 2 amide bonds. The second-order valence-corrected chi connectivity index (χ2v) is 6.34. The molecule has 2 N–H and O–H groups in total. The van der Waals surface area contributed by atoms with Crippen molar-refractivity contribution in [1.29, 1.82) is 0 Å². The molecular formula is C17H22N2O2. The molecule has 0 saturated heterocycles. The average Bonchev–Trinajstić information content (AvgIpc) is 2.73. The SMILES string of the molecule is C[C@@H](CC1CCCCC1)N1C(=O)c2cccc(N)c2C1=O. The first kappa shape index (κ1) is 14.1. The zero-order chi connectivity index (χ0) is 15.0. The number of carbonyl (C=O) groups excluding carboxylic acids is 2. The Balaban J connectivity index is 1.79. The highest BCUT2D eigenvalue weighted by atomic mass is 16.2. The number of amides is 2. The molecule has 1 aliphatic heterocycles. The van der Waals surface area contributed by atoms with E-state index >= 15 is 0 Å². The Labute approximate surface area is 125 Å². The molecule has 1 aromatic carbocycles. The van der Waals surface area contributed by atoms with E-state index < -0.39 is 0 Å². The van der Waals surface area contributed by atoms with Gasteiger partial charge >= 0.3 is 0 Å². The van der Waals surface area contributed by atoms with Gasteiger partial charge in [-0.25, -0.2) is 0 Å². The lowest BCUT2D eigenvalue weighted by atomic mass is 9.85. The molecule has 1 aliphatic carbocycles. The molecule has 112 valence electrons. The number of hydrogen-bond acceptors (Lipinski definition) is 3. The topological polar surface area (TPSA) is 63.4 Å². The maximum Gasteiger partial charge on any atom is 0.263 e. The molecule has 4 heteroatoms. The Morgan fingerprint density at radius 1 is 1.19 bits per heavy atom. The van der Waals surface area contributed by atoms with Crippen molar-refractivity contribution in [2.45, 2.75) is 51.5 Å². The summed E-state index contributed by atoms with van der Waals surface area (Å²) in [5, 5.41) is 0. The van der Waals surface area contributed by atoms with Crippen molar-refractivity contribution in [3.8, 4) is 0 Å². The van der Waals surface area contributed by atoms with E-state index in [1.165, 1.54) is 37.0 Å². The van der Waals surface area contributed by atoms with Gasteiger partial charge in [-0.1, -0.05) is 38.2 Å². The number of nitrogen functional groups attached to an aromatic ring is 1. The van der Waals surface area contributed by atoms with E-state index in [2.05, 4.69) is 0 Å². The highest BCUT2D eigenvalue weighted by molar-refractivity contribution is 6.23. The van der Waals surface area contributed by atoms with Gasteiger partial charge in [0.15, 0.2) is 0 Å². The smallest absolute Gasteiger partial charge is 0.263 e. The van der Waals surface area contributed by atoms with Crippen molar-refractivity contribution in [1.82, 2.24) is 4.90 Å². The Kier molecular flexibility index (Phi) is 3.70. The lowest BCUT2D eigenvalue weighted by Gasteiger charge is -2.29. The number of carbonyl (C=O) groups is 2. The molecule has 0 aromatic heterocycles. The molecule has 21 heavy (non-hydrogen) atoms. The molecule has 0 spiro atoms. The highest BCUT2D eigenvalue weighted by Crippen LogP contribution is 2.33. The van der Waals surface area contributed by atoms with Crippen LogP contribution >= 0.6 is 0 Å². The van der Waals surface area contributed by atoms with E-state index in [9.17, 15) is 9.59 Å². The molecule has 4 nitrogen and oxygen atoms in total. The van der Waals surface area contributed by atoms with E-state index in [1.807, 2.05) is 6.92 Å². The lowest BCUT2D eigenvalue weighted by molar-refractivity contribution is 0.0571. The number of fused-ring (bicyclic) bond motifs is 1. The monoisotopic (exact) mass is 286 g/mol. The van der Waals surface area contributed by atoms with Crippen LogP contribution in [0.15, 0.2) is 18.2 Å². The average molecular weight is 286 g/mol. The van der Waals surface area contributed by atoms with Gasteiger partial charge in [0.05, 0.1) is 11.1 Å². The van der Waals surface area contributed by atoms with E-state index in [-0.39, 0.29) is 17.9 Å². The fraction of sp³-hybridized carbons (Fsp3) is 0.529. The summed E-state index contributed by atoms with van der Waals surface area (Å²) in [6.07, 6.45) is 7.20. The second kappa shape index (κ2) is 5.51. The summed E-state index contributed by atoms with van der Waals surface area (Å²) in [7, 11) is 0. The quantitative estimate of drug-likeness (QED) is 0.685. The first-order valence-electron chi connectivity index (χ1n) is 7.86. The fourth-order valence-corrected chi connectivity index (χ4v) is 3.74. The number of hydrogen-bond donors (Lipinski definition) is 1. The number of anilines is 1. The third-order valence-electron chi connectivity index (χ3n) is 4.82. The zero-order valence-corrected chi connectivity index (χ0v) is 12.5. The third-order valence-corrected chi connectivity index (χ3v) is 4.82. The molecule has 1 aromatic rings. The van der Waals surface area contributed by atoms with Crippen molar-refractivity contribution in [2.24, 2.45) is 5.92 Å². The summed E-state index contributed by atoms with van der Waals surface area (Å²) < 4.78 is 0. The molecular weight excluding hydrogens is 264 g/mol. The van der Waals surface area contributed by atoms with Crippen LogP contribution in [0.3, 0.4) is 0 Å². The standard InChI is InChI=1S/C17H22N2O2/c1-11(10-12-6-3-2-4-7-12)19-16(20)13-8-5-9-14(18)15(13)17(19)21/h5,8-9,11-12H,2-4,6-7,10,18H2,1H3/t11-/m0/s1. The molecule has 0 bridgehead atoms. The first-order chi connectivity index (χ1) is 10.1. The maximum absolute atomic E-state index is 12.5. The van der Waals surface area contributed by atoms with Gasteiger partial charge in [-0.05, 0) is 31.4 Å². The summed E-state index contributed by atoms with van der Waals surface area (Å²) in [6.45, 7) is 1.98. The number of rotatable bonds is 3. The van der Waals surface area contributed by atoms with Crippen LogP contribution in [0.25, 0.3) is 0 Å². The molecule has 0 unspecified atom stereocenters. The van der Waals surface area contributed by atoms with Crippen LogP contribution < -0.4 is 5.73 Å². The van der Waals surface area contributed by atoms with Crippen LogP contribution in [0.5, 0.6) is 0 Å². The minimum Gasteiger partial charge on any atom is -0.398 e. The largest absolute Gasteiger partial charge is 0.398 e. The van der Waals surface area contributed by atoms with Gasteiger partial charge in [0.1, 0.15) is 0 Å². The molecule has 2 aliphatic rings. The van der Waals surface area contributed by atoms with Crippen LogP contribution in [0.1, 0.15) is 66.2 Å². The molecule has 1 atom stereocenters.